The predicted octanol–water partition coefficient (Wildman–Crippen LogP) is 0.498. The zero-order valence-corrected chi connectivity index (χ0v) is 9.46. The van der Waals surface area contributed by atoms with Crippen LogP contribution in [0.5, 0.6) is 0 Å². The second-order valence-corrected chi connectivity index (χ2v) is 3.76. The average molecular weight is 237 g/mol. The summed E-state index contributed by atoms with van der Waals surface area (Å²) in [7, 11) is 0. The number of aliphatic hydroxyl groups is 1. The zero-order chi connectivity index (χ0) is 12.8. The molecule has 1 aromatic carbocycles. The van der Waals surface area contributed by atoms with Gasteiger partial charge < -0.3 is 15.5 Å². The van der Waals surface area contributed by atoms with E-state index >= 15 is 0 Å². The quantitative estimate of drug-likeness (QED) is 0.696. The molecule has 3 N–H and O–H groups in total. The molecular weight excluding hydrogens is 222 g/mol. The van der Waals surface area contributed by atoms with Crippen LogP contribution in [-0.2, 0) is 4.79 Å². The number of aliphatic hydroxyl groups excluding tert-OH is 1. The van der Waals surface area contributed by atoms with Crippen molar-refractivity contribution >= 4 is 11.9 Å². The molecule has 0 aliphatic heterocycles. The fraction of sp³-hybridized carbons (Fsp3) is 0.333. The van der Waals surface area contributed by atoms with Crippen LogP contribution < -0.4 is 5.32 Å². The monoisotopic (exact) mass is 237 g/mol. The minimum atomic E-state index is -1.13. The summed E-state index contributed by atoms with van der Waals surface area (Å²) in [6, 6.07) is 8.49. The number of carboxylic acids is 1. The Bertz CT molecular complexity index is 389. The van der Waals surface area contributed by atoms with Crippen molar-refractivity contribution in [1.29, 1.82) is 0 Å². The number of hydrogen-bond donors (Lipinski definition) is 3. The number of hydrogen-bond acceptors (Lipinski definition) is 3. The highest BCUT2D eigenvalue weighted by Crippen LogP contribution is 2.04. The first-order chi connectivity index (χ1) is 8.02. The van der Waals surface area contributed by atoms with E-state index in [9.17, 15) is 14.7 Å². The third-order valence-electron chi connectivity index (χ3n) is 2.42. The molecule has 2 atom stereocenters. The molecule has 0 aromatic heterocycles. The molecule has 0 aliphatic carbocycles. The predicted molar refractivity (Wildman–Crippen MR) is 61.6 cm³/mol. The van der Waals surface area contributed by atoms with Crippen molar-refractivity contribution in [3.8, 4) is 0 Å². The van der Waals surface area contributed by atoms with E-state index in [0.717, 1.165) is 0 Å². The van der Waals surface area contributed by atoms with Gasteiger partial charge in [0.1, 0.15) is 0 Å². The topological polar surface area (TPSA) is 86.6 Å². The maximum absolute atomic E-state index is 11.6. The van der Waals surface area contributed by atoms with Gasteiger partial charge in [-0.3, -0.25) is 9.59 Å². The standard InChI is InChI=1S/C12H15NO4/c1-8(14)10(12(16)17)7-13-11(15)9-5-3-2-4-6-9/h2-6,8,10,14H,7H2,1H3,(H,13,15)(H,16,17)/t8-,10-/m0/s1. The van der Waals surface area contributed by atoms with Crippen molar-refractivity contribution in [3.63, 3.8) is 0 Å². The first-order valence-electron chi connectivity index (χ1n) is 5.26. The molecule has 0 bridgehead atoms. The van der Waals surface area contributed by atoms with Crippen molar-refractivity contribution in [2.45, 2.75) is 13.0 Å². The number of aliphatic carboxylic acids is 1. The van der Waals surface area contributed by atoms with Gasteiger partial charge in [-0.2, -0.15) is 0 Å². The maximum atomic E-state index is 11.6. The molecular formula is C12H15NO4. The average Bonchev–Trinajstić information content (AvgIpc) is 2.29. The van der Waals surface area contributed by atoms with Gasteiger partial charge >= 0.3 is 5.97 Å². The van der Waals surface area contributed by atoms with Crippen LogP contribution >= 0.6 is 0 Å². The molecule has 92 valence electrons. The van der Waals surface area contributed by atoms with E-state index in [1.54, 1.807) is 30.3 Å². The first kappa shape index (κ1) is 13.2. The van der Waals surface area contributed by atoms with Gasteiger partial charge in [0.2, 0.25) is 0 Å². The Kier molecular flexibility index (Phi) is 4.66. The van der Waals surface area contributed by atoms with Crippen LogP contribution in [0.15, 0.2) is 30.3 Å². The Hall–Kier alpha value is -1.88. The lowest BCUT2D eigenvalue weighted by Gasteiger charge is -2.15. The molecule has 0 spiro atoms. The van der Waals surface area contributed by atoms with Gasteiger partial charge in [-0.05, 0) is 19.1 Å². The third-order valence-corrected chi connectivity index (χ3v) is 2.42. The smallest absolute Gasteiger partial charge is 0.310 e. The molecule has 5 heteroatoms. The molecule has 0 saturated carbocycles. The Morgan fingerprint density at radius 2 is 1.88 bits per heavy atom. The SMILES string of the molecule is C[C@H](O)[C@H](CNC(=O)c1ccccc1)C(=O)O. The highest BCUT2D eigenvalue weighted by Gasteiger charge is 2.23. The van der Waals surface area contributed by atoms with Gasteiger partial charge in [0, 0.05) is 12.1 Å². The van der Waals surface area contributed by atoms with Crippen LogP contribution in [0.3, 0.4) is 0 Å². The van der Waals surface area contributed by atoms with Gasteiger partial charge in [0.05, 0.1) is 12.0 Å². The number of amides is 1. The summed E-state index contributed by atoms with van der Waals surface area (Å²) in [5, 5.41) is 20.5. The second kappa shape index (κ2) is 6.00. The lowest BCUT2D eigenvalue weighted by molar-refractivity contribution is -0.144. The Morgan fingerprint density at radius 3 is 2.35 bits per heavy atom. The van der Waals surface area contributed by atoms with E-state index in [2.05, 4.69) is 5.32 Å². The number of benzene rings is 1. The highest BCUT2D eigenvalue weighted by atomic mass is 16.4. The fourth-order valence-electron chi connectivity index (χ4n) is 1.36. The van der Waals surface area contributed by atoms with Crippen LogP contribution in [0, 0.1) is 5.92 Å². The van der Waals surface area contributed by atoms with Crippen molar-refractivity contribution in [1.82, 2.24) is 5.32 Å². The summed E-state index contributed by atoms with van der Waals surface area (Å²) in [6.45, 7) is 1.29. The number of rotatable bonds is 5. The summed E-state index contributed by atoms with van der Waals surface area (Å²) in [5.41, 5.74) is 0.460. The molecule has 0 fully saturated rings. The van der Waals surface area contributed by atoms with Crippen LogP contribution in [0.1, 0.15) is 17.3 Å². The molecule has 5 nitrogen and oxygen atoms in total. The summed E-state index contributed by atoms with van der Waals surface area (Å²) in [4.78, 5) is 22.4. The Morgan fingerprint density at radius 1 is 1.29 bits per heavy atom. The molecule has 0 heterocycles. The molecule has 17 heavy (non-hydrogen) atoms. The summed E-state index contributed by atoms with van der Waals surface area (Å²) < 4.78 is 0. The number of carbonyl (C=O) groups excluding carboxylic acids is 1. The van der Waals surface area contributed by atoms with Gasteiger partial charge in [-0.25, -0.2) is 0 Å². The number of nitrogens with one attached hydrogen (secondary N) is 1. The second-order valence-electron chi connectivity index (χ2n) is 3.76. The first-order valence-corrected chi connectivity index (χ1v) is 5.26. The minimum absolute atomic E-state index is 0.0965. The summed E-state index contributed by atoms with van der Waals surface area (Å²) in [6.07, 6.45) is -1.01. The molecule has 0 radical (unpaired) electrons. The van der Waals surface area contributed by atoms with Crippen LogP contribution in [0.2, 0.25) is 0 Å². The summed E-state index contributed by atoms with van der Waals surface area (Å²) >= 11 is 0. The van der Waals surface area contributed by atoms with Crippen LogP contribution in [0.25, 0.3) is 0 Å². The zero-order valence-electron chi connectivity index (χ0n) is 9.46. The number of carboxylic acid groups (broad SMARTS) is 1. The molecule has 0 aliphatic rings. The molecule has 1 amide bonds. The Labute approximate surface area is 99.1 Å². The molecule has 1 aromatic rings. The number of carbonyl (C=O) groups is 2. The van der Waals surface area contributed by atoms with E-state index in [1.807, 2.05) is 0 Å². The van der Waals surface area contributed by atoms with Crippen molar-refractivity contribution < 1.29 is 19.8 Å². The van der Waals surface area contributed by atoms with Crippen LogP contribution in [-0.4, -0.2) is 34.7 Å². The van der Waals surface area contributed by atoms with Gasteiger partial charge in [-0.1, -0.05) is 18.2 Å². The van der Waals surface area contributed by atoms with E-state index in [1.165, 1.54) is 6.92 Å². The Balaban J connectivity index is 2.56. The largest absolute Gasteiger partial charge is 0.481 e. The lowest BCUT2D eigenvalue weighted by atomic mass is 10.0. The fourth-order valence-corrected chi connectivity index (χ4v) is 1.36. The third kappa shape index (κ3) is 3.88. The van der Waals surface area contributed by atoms with E-state index in [0.29, 0.717) is 5.56 Å². The maximum Gasteiger partial charge on any atom is 0.310 e. The van der Waals surface area contributed by atoms with Crippen LogP contribution in [0.4, 0.5) is 0 Å². The van der Waals surface area contributed by atoms with Gasteiger partial charge in [-0.15, -0.1) is 0 Å². The molecule has 0 unspecified atom stereocenters. The van der Waals surface area contributed by atoms with Crippen molar-refractivity contribution in [2.24, 2.45) is 5.92 Å². The lowest BCUT2D eigenvalue weighted by Crippen LogP contribution is -2.38. The highest BCUT2D eigenvalue weighted by molar-refractivity contribution is 5.94. The molecule has 0 saturated heterocycles. The normalized spacial score (nSPS) is 13.8. The minimum Gasteiger partial charge on any atom is -0.481 e. The van der Waals surface area contributed by atoms with E-state index in [4.69, 9.17) is 5.11 Å². The van der Waals surface area contributed by atoms with Gasteiger partial charge in [0.25, 0.3) is 5.91 Å². The van der Waals surface area contributed by atoms with E-state index in [-0.39, 0.29) is 12.5 Å². The van der Waals surface area contributed by atoms with Crippen molar-refractivity contribution in [3.05, 3.63) is 35.9 Å². The molecule has 1 rings (SSSR count). The van der Waals surface area contributed by atoms with Gasteiger partial charge in [0.15, 0.2) is 0 Å². The summed E-state index contributed by atoms with van der Waals surface area (Å²) in [5.74, 6) is -2.48. The van der Waals surface area contributed by atoms with E-state index < -0.39 is 18.0 Å². The van der Waals surface area contributed by atoms with Crippen molar-refractivity contribution in [2.75, 3.05) is 6.54 Å².